The smallest absolute Gasteiger partial charge is 0.394 e. The Kier molecular flexibility index (Phi) is 13.3. The van der Waals surface area contributed by atoms with Gasteiger partial charge in [0.15, 0.2) is 0 Å². The Hall–Kier alpha value is -2.15. The number of hydrogen-bond acceptors (Lipinski definition) is 3. The van der Waals surface area contributed by atoms with Crippen LogP contribution in [0, 0.1) is 0 Å². The van der Waals surface area contributed by atoms with Crippen molar-refractivity contribution in [1.82, 2.24) is 0 Å². The van der Waals surface area contributed by atoms with E-state index in [-0.39, 0.29) is 0 Å². The van der Waals surface area contributed by atoms with Crippen molar-refractivity contribution < 1.29 is 142 Å². The van der Waals surface area contributed by atoms with Gasteiger partial charge in [0.2, 0.25) is 0 Å². The Morgan fingerprint density at radius 1 is 0.269 bits per heavy atom. The Morgan fingerprint density at radius 2 is 0.481 bits per heavy atom. The monoisotopic (exact) mass is 852 g/mol. The third kappa shape index (κ3) is 6.74. The summed E-state index contributed by atoms with van der Waals surface area (Å²) in [6.45, 7) is -5.03. The maximum atomic E-state index is 13.9. The maximum absolute atomic E-state index is 13.9. The Bertz CT molecular complexity index is 1200. The van der Waals surface area contributed by atoms with Crippen LogP contribution in [0.5, 0.6) is 0 Å². The molecule has 0 saturated carbocycles. The van der Waals surface area contributed by atoms with Crippen molar-refractivity contribution in [3.63, 3.8) is 0 Å². The fourth-order valence-electron chi connectivity index (χ4n) is 3.12. The van der Waals surface area contributed by atoms with Gasteiger partial charge in [-0.15, -0.1) is 0 Å². The van der Waals surface area contributed by atoms with Crippen LogP contribution in [0.4, 0.5) is 127 Å². The largest absolute Gasteiger partial charge is 0.460 e. The van der Waals surface area contributed by atoms with Crippen molar-refractivity contribution in [1.29, 1.82) is 0 Å². The van der Waals surface area contributed by atoms with E-state index in [2.05, 4.69) is 9.47 Å². The molecule has 52 heavy (non-hydrogen) atoms. The third-order valence-corrected chi connectivity index (χ3v) is 6.32. The van der Waals surface area contributed by atoms with Crippen molar-refractivity contribution in [2.75, 3.05) is 33.0 Å². The number of alkyl halides is 29. The molecule has 0 aromatic heterocycles. The van der Waals surface area contributed by atoms with Crippen LogP contribution in [0.25, 0.3) is 0 Å². The molecule has 0 unspecified atom stereocenters. The zero-order valence-corrected chi connectivity index (χ0v) is 23.5. The zero-order chi connectivity index (χ0) is 42.7. The minimum Gasteiger partial charge on any atom is -0.394 e. The minimum atomic E-state index is -9.94. The molecule has 0 atom stereocenters. The molecule has 0 rings (SSSR count). The molecule has 3 nitrogen and oxygen atoms in total. The fraction of sp³-hybridized carbons (Fsp3) is 1.00. The van der Waals surface area contributed by atoms with Crippen LogP contribution in [0.2, 0.25) is 0 Å². The van der Waals surface area contributed by atoms with Crippen molar-refractivity contribution >= 4 is 0 Å². The summed E-state index contributed by atoms with van der Waals surface area (Å²) in [7, 11) is 0. The van der Waals surface area contributed by atoms with Crippen molar-refractivity contribution in [2.45, 2.75) is 89.6 Å². The van der Waals surface area contributed by atoms with E-state index in [0.29, 0.717) is 0 Å². The molecular formula is C20H13F29O3. The molecule has 1 N–H and O–H groups in total. The summed E-state index contributed by atoms with van der Waals surface area (Å²) in [5.74, 6) is -120. The Morgan fingerprint density at radius 3 is 0.712 bits per heavy atom. The molecule has 0 radical (unpaired) electrons. The number of halogens is 29. The Balaban J connectivity index is 7.13. The second kappa shape index (κ2) is 13.9. The van der Waals surface area contributed by atoms with Crippen LogP contribution in [0.15, 0.2) is 0 Å². The summed E-state index contributed by atoms with van der Waals surface area (Å²) in [4.78, 5) is 0. The molecule has 0 spiro atoms. The molecule has 0 heterocycles. The van der Waals surface area contributed by atoms with Gasteiger partial charge in [0, 0.05) is 6.42 Å². The first-order chi connectivity index (χ1) is 22.3. The zero-order valence-electron chi connectivity index (χ0n) is 23.5. The summed E-state index contributed by atoms with van der Waals surface area (Å²) in [5.41, 5.74) is 0. The first kappa shape index (κ1) is 49.9. The molecule has 0 aliphatic rings. The van der Waals surface area contributed by atoms with Gasteiger partial charge < -0.3 is 14.6 Å². The van der Waals surface area contributed by atoms with E-state index in [1.165, 1.54) is 0 Å². The van der Waals surface area contributed by atoms with E-state index in [0.717, 1.165) is 0 Å². The normalized spacial score (nSPS) is 16.5. The van der Waals surface area contributed by atoms with E-state index in [1.807, 2.05) is 0 Å². The average Bonchev–Trinajstić information content (AvgIpc) is 2.94. The van der Waals surface area contributed by atoms with Crippen molar-refractivity contribution in [3.8, 4) is 0 Å². The lowest BCUT2D eigenvalue weighted by molar-refractivity contribution is -0.487. The number of hydrogen-bond donors (Lipinski definition) is 1. The molecule has 0 bridgehead atoms. The van der Waals surface area contributed by atoms with Crippen LogP contribution < -0.4 is 0 Å². The molecule has 32 heteroatoms. The van der Waals surface area contributed by atoms with Crippen LogP contribution in [0.3, 0.4) is 0 Å². The molecule has 0 amide bonds. The number of rotatable bonds is 20. The molecular weight excluding hydrogens is 839 g/mol. The average molecular weight is 852 g/mol. The van der Waals surface area contributed by atoms with Gasteiger partial charge in [-0.2, -0.15) is 127 Å². The highest BCUT2D eigenvalue weighted by atomic mass is 19.4. The molecule has 0 saturated heterocycles. The summed E-state index contributed by atoms with van der Waals surface area (Å²) in [6, 6.07) is 0. The highest BCUT2D eigenvalue weighted by molar-refractivity contribution is 5.21. The van der Waals surface area contributed by atoms with Crippen LogP contribution in [-0.2, 0) is 9.47 Å². The quantitative estimate of drug-likeness (QED) is 0.0982. The van der Waals surface area contributed by atoms with Gasteiger partial charge in [0.25, 0.3) is 0 Å². The molecule has 0 aromatic rings. The van der Waals surface area contributed by atoms with Gasteiger partial charge in [-0.1, -0.05) is 0 Å². The standard InChI is InChI=1S/C20H13F29O3/c21-7(22,1-3-51-5-6-52-4-2-50)8(23,24)9(25,26)10(27,28)11(29,30)12(31,32)13(33,34)14(35,36)15(37,38)16(39,40)17(41,42)18(43,44)19(45,46)20(47,48)49/h50H,1-6H2. The number of ether oxygens (including phenoxy) is 2. The minimum absolute atomic E-state index is 0.522. The second-order valence-corrected chi connectivity index (χ2v) is 9.79. The number of aliphatic hydroxyl groups is 1. The summed E-state index contributed by atoms with van der Waals surface area (Å²) in [5, 5.41) is 8.34. The SMILES string of the molecule is OCCOCCOCCC(F)(F)C(F)(F)C(F)(F)C(F)(F)C(F)(F)C(F)(F)C(F)(F)C(F)(F)C(F)(F)C(F)(F)C(F)(F)C(F)(F)C(F)(F)C(F)(F)F. The summed E-state index contributed by atoms with van der Waals surface area (Å²) in [6.07, 6.45) is -11.4. The topological polar surface area (TPSA) is 38.7 Å². The van der Waals surface area contributed by atoms with Crippen LogP contribution in [-0.4, -0.2) is 121 Å². The first-order valence-electron chi connectivity index (χ1n) is 12.1. The number of aliphatic hydroxyl groups excluding tert-OH is 1. The predicted octanol–water partition coefficient (Wildman–Crippen LogP) is 9.22. The van der Waals surface area contributed by atoms with E-state index in [1.54, 1.807) is 0 Å². The lowest BCUT2D eigenvalue weighted by Gasteiger charge is -2.46. The summed E-state index contributed by atoms with van der Waals surface area (Å²) < 4.78 is 400. The van der Waals surface area contributed by atoms with Gasteiger partial charge in [-0.25, -0.2) is 0 Å². The fourth-order valence-corrected chi connectivity index (χ4v) is 3.12. The highest BCUT2D eigenvalue weighted by Crippen LogP contribution is 2.69. The van der Waals surface area contributed by atoms with E-state index >= 15 is 0 Å². The van der Waals surface area contributed by atoms with Gasteiger partial charge in [0.1, 0.15) is 0 Å². The lowest BCUT2D eigenvalue weighted by Crippen LogP contribution is -2.79. The maximum Gasteiger partial charge on any atom is 0.460 e. The van der Waals surface area contributed by atoms with E-state index < -0.39 is 123 Å². The first-order valence-corrected chi connectivity index (χ1v) is 12.1. The van der Waals surface area contributed by atoms with Crippen LogP contribution in [0.1, 0.15) is 6.42 Å². The highest BCUT2D eigenvalue weighted by Gasteiger charge is 3.00. The summed E-state index contributed by atoms with van der Waals surface area (Å²) >= 11 is 0. The molecule has 0 aliphatic carbocycles. The van der Waals surface area contributed by atoms with E-state index in [9.17, 15) is 127 Å². The second-order valence-electron chi connectivity index (χ2n) is 9.79. The van der Waals surface area contributed by atoms with Gasteiger partial charge >= 0.3 is 83.2 Å². The van der Waals surface area contributed by atoms with Gasteiger partial charge in [-0.3, -0.25) is 0 Å². The van der Waals surface area contributed by atoms with E-state index in [4.69, 9.17) is 5.11 Å². The third-order valence-electron chi connectivity index (χ3n) is 6.32. The Labute approximate surface area is 265 Å². The molecule has 0 aliphatic heterocycles. The molecule has 314 valence electrons. The lowest BCUT2D eigenvalue weighted by atomic mass is 9.83. The van der Waals surface area contributed by atoms with Crippen LogP contribution >= 0.6 is 0 Å². The van der Waals surface area contributed by atoms with Gasteiger partial charge in [-0.05, 0) is 0 Å². The van der Waals surface area contributed by atoms with Gasteiger partial charge in [0.05, 0.1) is 33.0 Å². The molecule has 0 fully saturated rings. The van der Waals surface area contributed by atoms with Crippen molar-refractivity contribution in [2.24, 2.45) is 0 Å². The predicted molar refractivity (Wildman–Crippen MR) is 104 cm³/mol. The van der Waals surface area contributed by atoms with Crippen molar-refractivity contribution in [3.05, 3.63) is 0 Å². The molecule has 0 aromatic carbocycles.